The maximum atomic E-state index is 13.2. The van der Waals surface area contributed by atoms with E-state index < -0.39 is 6.04 Å². The van der Waals surface area contributed by atoms with E-state index in [0.29, 0.717) is 41.2 Å². The lowest BCUT2D eigenvalue weighted by atomic mass is 10.1. The number of nitrogens with one attached hydrogen (secondary N) is 1. The summed E-state index contributed by atoms with van der Waals surface area (Å²) >= 11 is 12.1. The summed E-state index contributed by atoms with van der Waals surface area (Å²) in [6.45, 7) is 8.58. The Balaban J connectivity index is 2.23. The second-order valence-corrected chi connectivity index (χ2v) is 8.72. The van der Waals surface area contributed by atoms with Crippen LogP contribution in [0, 0.1) is 12.8 Å². The first kappa shape index (κ1) is 25.0. The molecule has 0 aromatic heterocycles. The van der Waals surface area contributed by atoms with Crippen molar-refractivity contribution in [2.24, 2.45) is 5.92 Å². The van der Waals surface area contributed by atoms with E-state index in [4.69, 9.17) is 27.9 Å². The van der Waals surface area contributed by atoms with Crippen LogP contribution in [-0.4, -0.2) is 35.9 Å². The van der Waals surface area contributed by atoms with E-state index in [2.05, 4.69) is 5.32 Å². The van der Waals surface area contributed by atoms with Crippen LogP contribution in [0.1, 0.15) is 38.3 Å². The zero-order chi connectivity index (χ0) is 23.0. The lowest BCUT2D eigenvalue weighted by Gasteiger charge is -2.31. The maximum Gasteiger partial charge on any atom is 0.261 e. The Hall–Kier alpha value is -2.24. The Morgan fingerprint density at radius 1 is 1.13 bits per heavy atom. The molecule has 7 heteroatoms. The number of nitrogens with zero attached hydrogens (tertiary/aromatic N) is 1. The molecular formula is C24H30Cl2N2O3. The summed E-state index contributed by atoms with van der Waals surface area (Å²) in [5, 5.41) is 3.76. The lowest BCUT2D eigenvalue weighted by Crippen LogP contribution is -2.50. The monoisotopic (exact) mass is 464 g/mol. The van der Waals surface area contributed by atoms with Crippen molar-refractivity contribution in [1.29, 1.82) is 0 Å². The van der Waals surface area contributed by atoms with Crippen molar-refractivity contribution in [3.63, 3.8) is 0 Å². The van der Waals surface area contributed by atoms with Crippen LogP contribution in [-0.2, 0) is 16.1 Å². The summed E-state index contributed by atoms with van der Waals surface area (Å²) in [6, 6.07) is 12.0. The van der Waals surface area contributed by atoms with Crippen molar-refractivity contribution >= 4 is 35.0 Å². The molecular weight excluding hydrogens is 435 g/mol. The number of carbonyl (C=O) groups excluding carboxylic acids is 2. The quantitative estimate of drug-likeness (QED) is 0.521. The van der Waals surface area contributed by atoms with Gasteiger partial charge >= 0.3 is 0 Å². The molecule has 1 atom stereocenters. The predicted molar refractivity (Wildman–Crippen MR) is 126 cm³/mol. The first-order valence-electron chi connectivity index (χ1n) is 10.4. The van der Waals surface area contributed by atoms with Crippen LogP contribution in [0.15, 0.2) is 42.5 Å². The van der Waals surface area contributed by atoms with Crippen LogP contribution >= 0.6 is 23.2 Å². The molecule has 0 saturated heterocycles. The van der Waals surface area contributed by atoms with Crippen molar-refractivity contribution in [1.82, 2.24) is 10.2 Å². The van der Waals surface area contributed by atoms with Gasteiger partial charge < -0.3 is 15.0 Å². The molecule has 0 aliphatic carbocycles. The SMILES string of the molecule is CC[C@@H](C(=O)NCC(C)C)N(Cc1ccccc1C)C(=O)COc1ccc(Cl)cc1Cl. The molecule has 0 saturated carbocycles. The highest BCUT2D eigenvalue weighted by Crippen LogP contribution is 2.27. The molecule has 2 amide bonds. The summed E-state index contributed by atoms with van der Waals surface area (Å²) in [5.74, 6) is 0.230. The van der Waals surface area contributed by atoms with Crippen LogP contribution < -0.4 is 10.1 Å². The highest BCUT2D eigenvalue weighted by Gasteiger charge is 2.29. The highest BCUT2D eigenvalue weighted by atomic mass is 35.5. The van der Waals surface area contributed by atoms with Crippen LogP contribution in [0.25, 0.3) is 0 Å². The van der Waals surface area contributed by atoms with Gasteiger partial charge in [0.1, 0.15) is 11.8 Å². The Labute approximate surface area is 194 Å². The molecule has 0 radical (unpaired) electrons. The van der Waals surface area contributed by atoms with E-state index in [9.17, 15) is 9.59 Å². The Morgan fingerprint density at radius 2 is 1.84 bits per heavy atom. The molecule has 2 aromatic rings. The van der Waals surface area contributed by atoms with Gasteiger partial charge in [0.2, 0.25) is 5.91 Å². The van der Waals surface area contributed by atoms with Crippen LogP contribution in [0.2, 0.25) is 10.0 Å². The summed E-state index contributed by atoms with van der Waals surface area (Å²) in [7, 11) is 0. The van der Waals surface area contributed by atoms with E-state index in [1.807, 2.05) is 52.0 Å². The zero-order valence-electron chi connectivity index (χ0n) is 18.5. The van der Waals surface area contributed by atoms with Crippen molar-refractivity contribution in [3.8, 4) is 5.75 Å². The van der Waals surface area contributed by atoms with Crippen LogP contribution in [0.4, 0.5) is 0 Å². The zero-order valence-corrected chi connectivity index (χ0v) is 20.0. The second kappa shape index (κ2) is 12.0. The number of halogens is 2. The summed E-state index contributed by atoms with van der Waals surface area (Å²) in [4.78, 5) is 27.7. The van der Waals surface area contributed by atoms with Gasteiger partial charge in [-0.1, -0.05) is 68.2 Å². The number of ether oxygens (including phenoxy) is 1. The first-order valence-corrected chi connectivity index (χ1v) is 11.2. The predicted octanol–water partition coefficient (Wildman–Crippen LogP) is 5.26. The number of aryl methyl sites for hydroxylation is 1. The van der Waals surface area contributed by atoms with E-state index in [-0.39, 0.29) is 18.4 Å². The van der Waals surface area contributed by atoms with Crippen molar-refractivity contribution < 1.29 is 14.3 Å². The second-order valence-electron chi connectivity index (χ2n) is 7.87. The van der Waals surface area contributed by atoms with Crippen molar-refractivity contribution in [3.05, 3.63) is 63.6 Å². The molecule has 0 aliphatic heterocycles. The van der Waals surface area contributed by atoms with E-state index in [1.165, 1.54) is 0 Å². The molecule has 31 heavy (non-hydrogen) atoms. The van der Waals surface area contributed by atoms with Gasteiger partial charge in [0, 0.05) is 18.1 Å². The fourth-order valence-corrected chi connectivity index (χ4v) is 3.59. The minimum absolute atomic E-state index is 0.164. The van der Waals surface area contributed by atoms with Gasteiger partial charge in [-0.15, -0.1) is 0 Å². The molecule has 0 fully saturated rings. The van der Waals surface area contributed by atoms with Gasteiger partial charge in [-0.25, -0.2) is 0 Å². The number of rotatable bonds is 10. The largest absolute Gasteiger partial charge is 0.482 e. The number of hydrogen-bond donors (Lipinski definition) is 1. The fraction of sp³-hybridized carbons (Fsp3) is 0.417. The molecule has 0 heterocycles. The van der Waals surface area contributed by atoms with E-state index in [1.54, 1.807) is 23.1 Å². The summed E-state index contributed by atoms with van der Waals surface area (Å²) < 4.78 is 5.66. The van der Waals surface area contributed by atoms with Gasteiger partial charge in [0.25, 0.3) is 5.91 Å². The summed E-state index contributed by atoms with van der Waals surface area (Å²) in [5.41, 5.74) is 2.04. The number of hydrogen-bond acceptors (Lipinski definition) is 3. The average molecular weight is 465 g/mol. The van der Waals surface area contributed by atoms with Gasteiger partial charge in [-0.05, 0) is 48.6 Å². The van der Waals surface area contributed by atoms with Crippen molar-refractivity contribution in [2.75, 3.05) is 13.2 Å². The van der Waals surface area contributed by atoms with Crippen molar-refractivity contribution in [2.45, 2.75) is 46.7 Å². The third-order valence-corrected chi connectivity index (χ3v) is 5.45. The van der Waals surface area contributed by atoms with E-state index in [0.717, 1.165) is 11.1 Å². The number of amides is 2. The van der Waals surface area contributed by atoms with Gasteiger partial charge in [0.15, 0.2) is 6.61 Å². The molecule has 0 spiro atoms. The molecule has 1 N–H and O–H groups in total. The fourth-order valence-electron chi connectivity index (χ4n) is 3.13. The molecule has 2 aromatic carbocycles. The van der Waals surface area contributed by atoms with Gasteiger partial charge in [0.05, 0.1) is 5.02 Å². The Bertz CT molecular complexity index is 902. The Kier molecular flexibility index (Phi) is 9.66. The third-order valence-electron chi connectivity index (χ3n) is 4.92. The molecule has 5 nitrogen and oxygen atoms in total. The molecule has 168 valence electrons. The number of carbonyl (C=O) groups is 2. The smallest absolute Gasteiger partial charge is 0.261 e. The van der Waals surface area contributed by atoms with Gasteiger partial charge in [-0.2, -0.15) is 0 Å². The normalized spacial score (nSPS) is 11.8. The standard InChI is InChI=1S/C24H30Cl2N2O3/c1-5-21(24(30)27-13-16(2)3)28(14-18-9-7-6-8-17(18)4)23(29)15-31-22-11-10-19(25)12-20(22)26/h6-12,16,21H,5,13-15H2,1-4H3,(H,27,30)/t21-/m0/s1. The van der Waals surface area contributed by atoms with Crippen LogP contribution in [0.5, 0.6) is 5.75 Å². The molecule has 0 unspecified atom stereocenters. The lowest BCUT2D eigenvalue weighted by molar-refractivity contribution is -0.143. The number of benzene rings is 2. The Morgan fingerprint density at radius 3 is 2.45 bits per heavy atom. The summed E-state index contributed by atoms with van der Waals surface area (Å²) in [6.07, 6.45) is 0.489. The van der Waals surface area contributed by atoms with E-state index >= 15 is 0 Å². The topological polar surface area (TPSA) is 58.6 Å². The molecule has 0 aliphatic rings. The maximum absolute atomic E-state index is 13.2. The highest BCUT2D eigenvalue weighted by molar-refractivity contribution is 6.35. The molecule has 2 rings (SSSR count). The molecule has 0 bridgehead atoms. The third kappa shape index (κ3) is 7.44. The minimum Gasteiger partial charge on any atom is -0.482 e. The first-order chi connectivity index (χ1) is 14.7. The van der Waals surface area contributed by atoms with Gasteiger partial charge in [-0.3, -0.25) is 9.59 Å². The minimum atomic E-state index is -0.602. The average Bonchev–Trinajstić information content (AvgIpc) is 2.72. The van der Waals surface area contributed by atoms with Crippen LogP contribution in [0.3, 0.4) is 0 Å².